The van der Waals surface area contributed by atoms with Crippen LogP contribution in [-0.4, -0.2) is 37.0 Å². The third-order valence-electron chi connectivity index (χ3n) is 4.42. The summed E-state index contributed by atoms with van der Waals surface area (Å²) in [5.41, 5.74) is 8.12. The molecule has 118 valence electrons. The van der Waals surface area contributed by atoms with Crippen molar-refractivity contribution in [1.29, 1.82) is 0 Å². The van der Waals surface area contributed by atoms with E-state index in [4.69, 9.17) is 5.73 Å². The highest BCUT2D eigenvalue weighted by Crippen LogP contribution is 2.29. The lowest BCUT2D eigenvalue weighted by Gasteiger charge is -2.32. The summed E-state index contributed by atoms with van der Waals surface area (Å²) >= 11 is 0. The molecule has 1 saturated heterocycles. The van der Waals surface area contributed by atoms with E-state index in [1.165, 1.54) is 4.31 Å². The van der Waals surface area contributed by atoms with E-state index in [1.54, 1.807) is 19.1 Å². The van der Waals surface area contributed by atoms with Crippen LogP contribution >= 0.6 is 0 Å². The Hall–Kier alpha value is -1.11. The van der Waals surface area contributed by atoms with E-state index in [0.29, 0.717) is 31.6 Å². The quantitative estimate of drug-likeness (QED) is 0.832. The van der Waals surface area contributed by atoms with Crippen molar-refractivity contribution in [3.63, 3.8) is 0 Å². The highest BCUT2D eigenvalue weighted by Gasteiger charge is 2.32. The zero-order chi connectivity index (χ0) is 15.8. The number of hydrogen-bond donors (Lipinski definition) is 2. The molecule has 0 spiro atoms. The maximum Gasteiger partial charge on any atom is 0.245 e. The van der Waals surface area contributed by atoms with Gasteiger partial charge in [-0.1, -0.05) is 0 Å². The number of aliphatic hydroxyl groups is 1. The van der Waals surface area contributed by atoms with Crippen molar-refractivity contribution < 1.29 is 13.5 Å². The van der Waals surface area contributed by atoms with Crippen LogP contribution in [0.5, 0.6) is 0 Å². The highest BCUT2D eigenvalue weighted by atomic mass is 32.2. The molecular formula is C15H24N2O3S. The molecule has 3 N–H and O–H groups in total. The molecule has 0 saturated carbocycles. The number of aryl methyl sites for hydroxylation is 2. The van der Waals surface area contributed by atoms with Gasteiger partial charge in [0.25, 0.3) is 0 Å². The summed E-state index contributed by atoms with van der Waals surface area (Å²) in [4.78, 5) is 0.195. The molecule has 1 aliphatic heterocycles. The van der Waals surface area contributed by atoms with Crippen molar-refractivity contribution in [2.45, 2.75) is 44.6 Å². The van der Waals surface area contributed by atoms with Crippen molar-refractivity contribution >= 4 is 15.7 Å². The number of rotatable bonds is 3. The van der Waals surface area contributed by atoms with Gasteiger partial charge in [-0.15, -0.1) is 0 Å². The molecule has 2 rings (SSSR count). The normalized spacial score (nSPS) is 19.6. The fourth-order valence-corrected chi connectivity index (χ4v) is 4.43. The number of anilines is 1. The second-order valence-corrected chi connectivity index (χ2v) is 7.86. The summed E-state index contributed by atoms with van der Waals surface area (Å²) in [6.45, 7) is 6.42. The maximum absolute atomic E-state index is 12.7. The van der Waals surface area contributed by atoms with Gasteiger partial charge in [0.05, 0.1) is 11.8 Å². The fourth-order valence-electron chi connectivity index (χ4n) is 2.77. The number of benzene rings is 1. The van der Waals surface area contributed by atoms with Crippen LogP contribution in [0.2, 0.25) is 0 Å². The summed E-state index contributed by atoms with van der Waals surface area (Å²) in [7, 11) is -3.55. The molecule has 0 aliphatic carbocycles. The van der Waals surface area contributed by atoms with Gasteiger partial charge in [-0.05, 0) is 62.8 Å². The molecule has 1 aromatic rings. The zero-order valence-electron chi connectivity index (χ0n) is 12.8. The first-order valence-corrected chi connectivity index (χ1v) is 8.72. The topological polar surface area (TPSA) is 83.6 Å². The lowest BCUT2D eigenvalue weighted by Crippen LogP contribution is -2.40. The average Bonchev–Trinajstić information content (AvgIpc) is 2.42. The van der Waals surface area contributed by atoms with Crippen LogP contribution in [-0.2, 0) is 10.0 Å². The second kappa shape index (κ2) is 5.94. The van der Waals surface area contributed by atoms with Gasteiger partial charge in [-0.25, -0.2) is 8.42 Å². The van der Waals surface area contributed by atoms with Crippen molar-refractivity contribution in [2.75, 3.05) is 18.8 Å². The molecule has 0 radical (unpaired) electrons. The molecule has 1 fully saturated rings. The minimum atomic E-state index is -3.55. The lowest BCUT2D eigenvalue weighted by molar-refractivity contribution is 0.0912. The van der Waals surface area contributed by atoms with Crippen LogP contribution in [0.15, 0.2) is 17.0 Å². The molecule has 0 bridgehead atoms. The average molecular weight is 312 g/mol. The number of piperidine rings is 1. The van der Waals surface area contributed by atoms with Crippen LogP contribution in [0.3, 0.4) is 0 Å². The van der Waals surface area contributed by atoms with Crippen LogP contribution < -0.4 is 5.73 Å². The number of sulfonamides is 1. The van der Waals surface area contributed by atoms with Gasteiger partial charge in [0.1, 0.15) is 4.90 Å². The van der Waals surface area contributed by atoms with Crippen molar-refractivity contribution in [3.05, 3.63) is 23.3 Å². The third-order valence-corrected chi connectivity index (χ3v) is 6.38. The Morgan fingerprint density at radius 3 is 2.29 bits per heavy atom. The van der Waals surface area contributed by atoms with Crippen molar-refractivity contribution in [3.8, 4) is 0 Å². The van der Waals surface area contributed by atoms with Gasteiger partial charge in [0, 0.05) is 13.1 Å². The number of nitrogens with zero attached hydrogens (tertiary/aromatic N) is 1. The monoisotopic (exact) mass is 312 g/mol. The van der Waals surface area contributed by atoms with Crippen LogP contribution in [0, 0.1) is 19.8 Å². The number of nitrogen functional groups attached to an aromatic ring is 1. The molecule has 1 atom stereocenters. The van der Waals surface area contributed by atoms with Gasteiger partial charge in [0.15, 0.2) is 0 Å². The zero-order valence-corrected chi connectivity index (χ0v) is 13.7. The van der Waals surface area contributed by atoms with Gasteiger partial charge < -0.3 is 10.8 Å². The number of nitrogens with two attached hydrogens (primary N) is 1. The predicted octanol–water partition coefficient (Wildman–Crippen LogP) is 1.67. The lowest BCUT2D eigenvalue weighted by atomic mass is 9.93. The molecule has 1 aliphatic rings. The molecule has 6 heteroatoms. The first-order valence-electron chi connectivity index (χ1n) is 7.28. The molecule has 1 aromatic carbocycles. The fraction of sp³-hybridized carbons (Fsp3) is 0.600. The summed E-state index contributed by atoms with van der Waals surface area (Å²) in [5, 5.41) is 9.61. The van der Waals surface area contributed by atoms with Crippen LogP contribution in [0.1, 0.15) is 30.9 Å². The molecule has 0 amide bonds. The second-order valence-electron chi connectivity index (χ2n) is 5.96. The Kier molecular flexibility index (Phi) is 4.60. The molecule has 21 heavy (non-hydrogen) atoms. The molecule has 1 unspecified atom stereocenters. The minimum absolute atomic E-state index is 0.175. The van der Waals surface area contributed by atoms with Gasteiger partial charge in [-0.2, -0.15) is 4.31 Å². The van der Waals surface area contributed by atoms with Crippen molar-refractivity contribution in [2.24, 2.45) is 5.92 Å². The molecule has 1 heterocycles. The Morgan fingerprint density at radius 1 is 1.24 bits per heavy atom. The molecular weight excluding hydrogens is 288 g/mol. The largest absolute Gasteiger partial charge is 0.398 e. The van der Waals surface area contributed by atoms with E-state index in [-0.39, 0.29) is 16.9 Å². The number of hydrogen-bond acceptors (Lipinski definition) is 4. The smallest absolute Gasteiger partial charge is 0.245 e. The summed E-state index contributed by atoms with van der Waals surface area (Å²) < 4.78 is 26.9. The SMILES string of the molecule is Cc1cc(N)c(S(=O)(=O)N2CCC(C(C)O)CC2)cc1C. The third kappa shape index (κ3) is 3.22. The predicted molar refractivity (Wildman–Crippen MR) is 83.5 cm³/mol. The Labute approximate surface area is 126 Å². The summed E-state index contributed by atoms with van der Waals surface area (Å²) in [6, 6.07) is 3.37. The maximum atomic E-state index is 12.7. The van der Waals surface area contributed by atoms with E-state index in [2.05, 4.69) is 0 Å². The van der Waals surface area contributed by atoms with E-state index in [9.17, 15) is 13.5 Å². The van der Waals surface area contributed by atoms with Crippen LogP contribution in [0.4, 0.5) is 5.69 Å². The molecule has 5 nitrogen and oxygen atoms in total. The van der Waals surface area contributed by atoms with E-state index in [1.807, 2.05) is 13.8 Å². The Balaban J connectivity index is 2.26. The highest BCUT2D eigenvalue weighted by molar-refractivity contribution is 7.89. The van der Waals surface area contributed by atoms with Crippen LogP contribution in [0.25, 0.3) is 0 Å². The van der Waals surface area contributed by atoms with E-state index in [0.717, 1.165) is 11.1 Å². The van der Waals surface area contributed by atoms with Gasteiger partial charge >= 0.3 is 0 Å². The standard InChI is InChI=1S/C15H24N2O3S/c1-10-8-14(16)15(9-11(10)2)21(19,20)17-6-4-13(5-7-17)12(3)18/h8-9,12-13,18H,4-7,16H2,1-3H3. The first kappa shape index (κ1) is 16.3. The summed E-state index contributed by atoms with van der Waals surface area (Å²) in [5.74, 6) is 0.175. The summed E-state index contributed by atoms with van der Waals surface area (Å²) in [6.07, 6.45) is 0.977. The number of aliphatic hydroxyl groups excluding tert-OH is 1. The van der Waals surface area contributed by atoms with E-state index >= 15 is 0 Å². The molecule has 0 aromatic heterocycles. The van der Waals surface area contributed by atoms with Crippen molar-refractivity contribution in [1.82, 2.24) is 4.31 Å². The van der Waals surface area contributed by atoms with Gasteiger partial charge in [0.2, 0.25) is 10.0 Å². The first-order chi connectivity index (χ1) is 9.73. The Morgan fingerprint density at radius 2 is 1.76 bits per heavy atom. The van der Waals surface area contributed by atoms with E-state index < -0.39 is 10.0 Å². The van der Waals surface area contributed by atoms with Gasteiger partial charge in [-0.3, -0.25) is 0 Å². The Bertz CT molecular complexity index is 618. The minimum Gasteiger partial charge on any atom is -0.398 e.